The molecule has 2 nitrogen and oxygen atoms in total. The first kappa shape index (κ1) is 13.5. The molecule has 19 heavy (non-hydrogen) atoms. The highest BCUT2D eigenvalue weighted by molar-refractivity contribution is 5.48. The van der Waals surface area contributed by atoms with E-state index in [0.29, 0.717) is 5.56 Å². The summed E-state index contributed by atoms with van der Waals surface area (Å²) >= 11 is 0. The summed E-state index contributed by atoms with van der Waals surface area (Å²) in [7, 11) is 1.82. The van der Waals surface area contributed by atoms with E-state index < -0.39 is 0 Å². The molecule has 2 rings (SSSR count). The molecule has 1 atom stereocenters. The summed E-state index contributed by atoms with van der Waals surface area (Å²) in [6.07, 6.45) is 0. The van der Waals surface area contributed by atoms with Gasteiger partial charge in [0.25, 0.3) is 0 Å². The van der Waals surface area contributed by atoms with Crippen LogP contribution in [0, 0.1) is 11.6 Å². The third kappa shape index (κ3) is 2.90. The van der Waals surface area contributed by atoms with Crippen molar-refractivity contribution in [3.63, 3.8) is 0 Å². The third-order valence-electron chi connectivity index (χ3n) is 3.19. The second-order valence-electron chi connectivity index (χ2n) is 4.36. The molecule has 0 saturated carbocycles. The van der Waals surface area contributed by atoms with Crippen LogP contribution in [0.15, 0.2) is 48.5 Å². The van der Waals surface area contributed by atoms with Gasteiger partial charge in [-0.3, -0.25) is 0 Å². The molecule has 2 aromatic carbocycles. The lowest BCUT2D eigenvalue weighted by Gasteiger charge is -2.29. The summed E-state index contributed by atoms with van der Waals surface area (Å²) < 4.78 is 26.7. The molecule has 0 saturated heterocycles. The quantitative estimate of drug-likeness (QED) is 0.917. The van der Waals surface area contributed by atoms with Gasteiger partial charge in [-0.15, -0.1) is 0 Å². The summed E-state index contributed by atoms with van der Waals surface area (Å²) in [6, 6.07) is 12.3. The van der Waals surface area contributed by atoms with Gasteiger partial charge in [-0.2, -0.15) is 0 Å². The molecule has 2 N–H and O–H groups in total. The topological polar surface area (TPSA) is 29.3 Å². The molecule has 0 aliphatic heterocycles. The van der Waals surface area contributed by atoms with Gasteiger partial charge in [0.15, 0.2) is 0 Å². The number of anilines is 1. The largest absolute Gasteiger partial charge is 0.366 e. The molecule has 0 aliphatic rings. The SMILES string of the molecule is CN(c1ccc(F)cc1)C(CN)c1ccccc1F. The fourth-order valence-electron chi connectivity index (χ4n) is 2.10. The molecule has 2 aromatic rings. The highest BCUT2D eigenvalue weighted by Gasteiger charge is 2.19. The van der Waals surface area contributed by atoms with Crippen molar-refractivity contribution in [1.29, 1.82) is 0 Å². The lowest BCUT2D eigenvalue weighted by molar-refractivity contribution is 0.572. The molecule has 100 valence electrons. The second kappa shape index (κ2) is 5.80. The minimum Gasteiger partial charge on any atom is -0.366 e. The summed E-state index contributed by atoms with van der Waals surface area (Å²) in [4.78, 5) is 1.85. The molecular formula is C15H16F2N2. The van der Waals surface area contributed by atoms with Crippen LogP contribution in [0.5, 0.6) is 0 Å². The summed E-state index contributed by atoms with van der Waals surface area (Å²) in [5.41, 5.74) is 7.09. The predicted octanol–water partition coefficient (Wildman–Crippen LogP) is 3.10. The van der Waals surface area contributed by atoms with Gasteiger partial charge in [-0.1, -0.05) is 18.2 Å². The van der Waals surface area contributed by atoms with Gasteiger partial charge in [0.1, 0.15) is 11.6 Å². The summed E-state index contributed by atoms with van der Waals surface area (Å²) in [5.74, 6) is -0.584. The number of rotatable bonds is 4. The molecule has 0 aromatic heterocycles. The van der Waals surface area contributed by atoms with Crippen molar-refractivity contribution in [2.24, 2.45) is 5.73 Å². The Kier molecular flexibility index (Phi) is 4.12. The fraction of sp³-hybridized carbons (Fsp3) is 0.200. The number of benzene rings is 2. The van der Waals surface area contributed by atoms with Crippen molar-refractivity contribution in [2.45, 2.75) is 6.04 Å². The Balaban J connectivity index is 2.32. The molecule has 0 spiro atoms. The molecule has 1 unspecified atom stereocenters. The average Bonchev–Trinajstić information content (AvgIpc) is 2.42. The smallest absolute Gasteiger partial charge is 0.128 e. The Morgan fingerprint density at radius 2 is 1.68 bits per heavy atom. The Bertz CT molecular complexity index is 540. The van der Waals surface area contributed by atoms with Crippen LogP contribution in [-0.2, 0) is 0 Å². The Labute approximate surface area is 111 Å². The summed E-state index contributed by atoms with van der Waals surface area (Å²) in [6.45, 7) is 0.273. The zero-order chi connectivity index (χ0) is 13.8. The van der Waals surface area contributed by atoms with E-state index in [-0.39, 0.29) is 24.2 Å². The lowest BCUT2D eigenvalue weighted by atomic mass is 10.0. The van der Waals surface area contributed by atoms with E-state index in [1.807, 2.05) is 11.9 Å². The van der Waals surface area contributed by atoms with Crippen LogP contribution in [0.25, 0.3) is 0 Å². The van der Waals surface area contributed by atoms with Crippen molar-refractivity contribution >= 4 is 5.69 Å². The molecule has 0 bridgehead atoms. The van der Waals surface area contributed by atoms with Gasteiger partial charge in [-0.05, 0) is 30.3 Å². The van der Waals surface area contributed by atoms with E-state index in [0.717, 1.165) is 5.69 Å². The zero-order valence-corrected chi connectivity index (χ0v) is 10.7. The van der Waals surface area contributed by atoms with Crippen LogP contribution >= 0.6 is 0 Å². The molecule has 0 aliphatic carbocycles. The van der Waals surface area contributed by atoms with Crippen molar-refractivity contribution in [3.8, 4) is 0 Å². The lowest BCUT2D eigenvalue weighted by Crippen LogP contribution is -2.31. The van der Waals surface area contributed by atoms with Crippen molar-refractivity contribution in [2.75, 3.05) is 18.5 Å². The highest BCUT2D eigenvalue weighted by atomic mass is 19.1. The first-order valence-electron chi connectivity index (χ1n) is 6.06. The van der Waals surface area contributed by atoms with Crippen LogP contribution in [-0.4, -0.2) is 13.6 Å². The van der Waals surface area contributed by atoms with E-state index >= 15 is 0 Å². The standard InChI is InChI=1S/C15H16F2N2/c1-19(12-8-6-11(16)7-9-12)15(10-18)13-4-2-3-5-14(13)17/h2-9,15H,10,18H2,1H3. The third-order valence-corrected chi connectivity index (χ3v) is 3.19. The van der Waals surface area contributed by atoms with Crippen molar-refractivity contribution < 1.29 is 8.78 Å². The second-order valence-corrected chi connectivity index (χ2v) is 4.36. The van der Waals surface area contributed by atoms with Crippen LogP contribution in [0.4, 0.5) is 14.5 Å². The maximum absolute atomic E-state index is 13.8. The number of nitrogens with two attached hydrogens (primary N) is 1. The van der Waals surface area contributed by atoms with Crippen LogP contribution in [0.3, 0.4) is 0 Å². The molecule has 0 radical (unpaired) electrons. The van der Waals surface area contributed by atoms with E-state index in [9.17, 15) is 8.78 Å². The van der Waals surface area contributed by atoms with E-state index in [1.54, 1.807) is 30.3 Å². The first-order chi connectivity index (χ1) is 9.13. The molecule has 0 amide bonds. The average molecular weight is 262 g/mol. The minimum absolute atomic E-state index is 0.273. The van der Waals surface area contributed by atoms with Gasteiger partial charge in [0.05, 0.1) is 6.04 Å². The minimum atomic E-state index is -0.299. The van der Waals surface area contributed by atoms with E-state index in [1.165, 1.54) is 18.2 Å². The van der Waals surface area contributed by atoms with Crippen molar-refractivity contribution in [1.82, 2.24) is 0 Å². The van der Waals surface area contributed by atoms with E-state index in [4.69, 9.17) is 5.73 Å². The normalized spacial score (nSPS) is 12.2. The molecule has 4 heteroatoms. The Morgan fingerprint density at radius 1 is 1.05 bits per heavy atom. The van der Waals surface area contributed by atoms with E-state index in [2.05, 4.69) is 0 Å². The monoisotopic (exact) mass is 262 g/mol. The van der Waals surface area contributed by atoms with Gasteiger partial charge >= 0.3 is 0 Å². The fourth-order valence-corrected chi connectivity index (χ4v) is 2.10. The zero-order valence-electron chi connectivity index (χ0n) is 10.7. The highest BCUT2D eigenvalue weighted by Crippen LogP contribution is 2.26. The maximum atomic E-state index is 13.8. The van der Waals surface area contributed by atoms with Gasteiger partial charge in [0.2, 0.25) is 0 Å². The van der Waals surface area contributed by atoms with Gasteiger partial charge in [0, 0.05) is 24.8 Å². The van der Waals surface area contributed by atoms with Crippen LogP contribution < -0.4 is 10.6 Å². The molecular weight excluding hydrogens is 246 g/mol. The Morgan fingerprint density at radius 3 is 2.26 bits per heavy atom. The number of likely N-dealkylation sites (N-methyl/N-ethyl adjacent to an activating group) is 1. The first-order valence-corrected chi connectivity index (χ1v) is 6.06. The predicted molar refractivity (Wildman–Crippen MR) is 73.0 cm³/mol. The van der Waals surface area contributed by atoms with Crippen molar-refractivity contribution in [3.05, 3.63) is 65.7 Å². The van der Waals surface area contributed by atoms with Crippen LogP contribution in [0.1, 0.15) is 11.6 Å². The van der Waals surface area contributed by atoms with Gasteiger partial charge in [-0.25, -0.2) is 8.78 Å². The molecule has 0 fully saturated rings. The maximum Gasteiger partial charge on any atom is 0.128 e. The number of hydrogen-bond acceptors (Lipinski definition) is 2. The number of nitrogens with zero attached hydrogens (tertiary/aromatic N) is 1. The number of hydrogen-bond donors (Lipinski definition) is 1. The van der Waals surface area contributed by atoms with Crippen LogP contribution in [0.2, 0.25) is 0 Å². The molecule has 0 heterocycles. The van der Waals surface area contributed by atoms with Gasteiger partial charge < -0.3 is 10.6 Å². The summed E-state index contributed by atoms with van der Waals surface area (Å²) in [5, 5.41) is 0. The Hall–Kier alpha value is -1.94. The number of halogens is 2.